The topological polar surface area (TPSA) is 38.0 Å². The Kier molecular flexibility index (Phi) is 1.41. The fourth-order valence-electron chi connectivity index (χ4n) is 3.07. The summed E-state index contributed by atoms with van der Waals surface area (Å²) >= 11 is 0. The van der Waals surface area contributed by atoms with E-state index in [1.807, 2.05) is 6.07 Å². The van der Waals surface area contributed by atoms with Gasteiger partial charge in [-0.15, -0.1) is 0 Å². The van der Waals surface area contributed by atoms with Crippen LogP contribution in [0.15, 0.2) is 24.3 Å². The largest absolute Gasteiger partial charge is 0.271 e. The molecule has 74 valence electrons. The second-order valence-electron chi connectivity index (χ2n) is 4.75. The highest BCUT2D eigenvalue weighted by Crippen LogP contribution is 2.67. The van der Waals surface area contributed by atoms with Crippen molar-refractivity contribution in [1.29, 1.82) is 0 Å². The summed E-state index contributed by atoms with van der Waals surface area (Å²) < 4.78 is 13.0. The lowest BCUT2D eigenvalue weighted by molar-refractivity contribution is -0.0884. The van der Waals surface area contributed by atoms with Gasteiger partial charge < -0.3 is 0 Å². The zero-order chi connectivity index (χ0) is 9.81. The minimum absolute atomic E-state index is 0.137. The zero-order valence-electron chi connectivity index (χ0n) is 7.89. The van der Waals surface area contributed by atoms with Crippen LogP contribution in [0.2, 0.25) is 0 Å². The standard InChI is InChI=1S/C11H13FN2/c12-9-3-1-2-8(4-9)10-5-11(6-10,7-10)14-13/h1-4,14H,5-7,13H2. The summed E-state index contributed by atoms with van der Waals surface area (Å²) in [4.78, 5) is 0. The number of benzene rings is 1. The summed E-state index contributed by atoms with van der Waals surface area (Å²) in [5.74, 6) is 5.31. The molecular formula is C11H13FN2. The van der Waals surface area contributed by atoms with Crippen LogP contribution in [0.5, 0.6) is 0 Å². The van der Waals surface area contributed by atoms with Gasteiger partial charge in [-0.25, -0.2) is 4.39 Å². The van der Waals surface area contributed by atoms with E-state index in [1.54, 1.807) is 12.1 Å². The Morgan fingerprint density at radius 1 is 1.29 bits per heavy atom. The van der Waals surface area contributed by atoms with Gasteiger partial charge in [-0.1, -0.05) is 12.1 Å². The van der Waals surface area contributed by atoms with Gasteiger partial charge in [-0.2, -0.15) is 0 Å². The Hall–Kier alpha value is -0.930. The monoisotopic (exact) mass is 192 g/mol. The zero-order valence-corrected chi connectivity index (χ0v) is 7.89. The van der Waals surface area contributed by atoms with Crippen LogP contribution in [0, 0.1) is 5.82 Å². The summed E-state index contributed by atoms with van der Waals surface area (Å²) in [7, 11) is 0. The average Bonchev–Trinajstić information content (AvgIpc) is 2.00. The number of hydrazine groups is 1. The molecule has 0 unspecified atom stereocenters. The first-order chi connectivity index (χ1) is 6.68. The molecule has 14 heavy (non-hydrogen) atoms. The lowest BCUT2D eigenvalue weighted by Crippen LogP contribution is -2.77. The Balaban J connectivity index is 1.87. The van der Waals surface area contributed by atoms with Crippen molar-refractivity contribution < 1.29 is 4.39 Å². The molecule has 3 N–H and O–H groups in total. The van der Waals surface area contributed by atoms with E-state index in [4.69, 9.17) is 5.84 Å². The van der Waals surface area contributed by atoms with Crippen LogP contribution < -0.4 is 11.3 Å². The van der Waals surface area contributed by atoms with Gasteiger partial charge in [0.1, 0.15) is 5.82 Å². The van der Waals surface area contributed by atoms with Gasteiger partial charge in [0.2, 0.25) is 0 Å². The van der Waals surface area contributed by atoms with Crippen molar-refractivity contribution in [2.75, 3.05) is 0 Å². The summed E-state index contributed by atoms with van der Waals surface area (Å²) in [6.07, 6.45) is 3.17. The number of nitrogens with two attached hydrogens (primary N) is 1. The maximum Gasteiger partial charge on any atom is 0.123 e. The van der Waals surface area contributed by atoms with Gasteiger partial charge in [0.25, 0.3) is 0 Å². The number of hydrogen-bond donors (Lipinski definition) is 2. The van der Waals surface area contributed by atoms with Crippen molar-refractivity contribution in [2.45, 2.75) is 30.2 Å². The van der Waals surface area contributed by atoms with Gasteiger partial charge in [0.05, 0.1) is 0 Å². The van der Waals surface area contributed by atoms with Crippen molar-refractivity contribution in [3.63, 3.8) is 0 Å². The predicted molar refractivity (Wildman–Crippen MR) is 52.0 cm³/mol. The van der Waals surface area contributed by atoms with Crippen LogP contribution >= 0.6 is 0 Å². The third-order valence-electron chi connectivity index (χ3n) is 3.77. The summed E-state index contributed by atoms with van der Waals surface area (Å²) in [6.45, 7) is 0. The fourth-order valence-corrected chi connectivity index (χ4v) is 3.07. The Morgan fingerprint density at radius 3 is 2.57 bits per heavy atom. The molecule has 0 spiro atoms. The molecule has 0 atom stereocenters. The van der Waals surface area contributed by atoms with Gasteiger partial charge in [0, 0.05) is 11.0 Å². The Morgan fingerprint density at radius 2 is 2.00 bits per heavy atom. The quantitative estimate of drug-likeness (QED) is 0.550. The highest BCUT2D eigenvalue weighted by molar-refractivity contribution is 5.41. The van der Waals surface area contributed by atoms with E-state index in [1.165, 1.54) is 6.07 Å². The SMILES string of the molecule is NNC12CC(c3cccc(F)c3)(C1)C2. The fraction of sp³-hybridized carbons (Fsp3) is 0.455. The van der Waals surface area contributed by atoms with E-state index in [0.29, 0.717) is 0 Å². The molecule has 2 nitrogen and oxygen atoms in total. The van der Waals surface area contributed by atoms with Crippen LogP contribution in [0.4, 0.5) is 4.39 Å². The first kappa shape index (κ1) is 8.38. The second kappa shape index (κ2) is 2.35. The van der Waals surface area contributed by atoms with E-state index in [0.717, 1.165) is 24.8 Å². The molecule has 1 aromatic rings. The van der Waals surface area contributed by atoms with Crippen molar-refractivity contribution in [3.05, 3.63) is 35.6 Å². The second-order valence-corrected chi connectivity index (χ2v) is 4.75. The molecular weight excluding hydrogens is 179 g/mol. The van der Waals surface area contributed by atoms with Crippen LogP contribution in [0.25, 0.3) is 0 Å². The molecule has 3 heteroatoms. The third kappa shape index (κ3) is 0.863. The molecule has 3 aliphatic rings. The normalized spacial score (nSPS) is 38.7. The Bertz CT molecular complexity index is 369. The molecule has 3 saturated carbocycles. The van der Waals surface area contributed by atoms with E-state index >= 15 is 0 Å². The molecule has 0 aromatic heterocycles. The number of halogens is 1. The maximum atomic E-state index is 13.0. The van der Waals surface area contributed by atoms with Crippen molar-refractivity contribution in [3.8, 4) is 0 Å². The van der Waals surface area contributed by atoms with Crippen molar-refractivity contribution >= 4 is 0 Å². The van der Waals surface area contributed by atoms with E-state index in [-0.39, 0.29) is 16.8 Å². The molecule has 3 aliphatic carbocycles. The molecule has 4 rings (SSSR count). The van der Waals surface area contributed by atoms with Crippen LogP contribution in [-0.4, -0.2) is 5.54 Å². The Labute approximate surface area is 82.3 Å². The molecule has 0 heterocycles. The van der Waals surface area contributed by atoms with Gasteiger partial charge in [-0.3, -0.25) is 11.3 Å². The molecule has 0 saturated heterocycles. The lowest BCUT2D eigenvalue weighted by Gasteiger charge is -2.70. The first-order valence-corrected chi connectivity index (χ1v) is 4.92. The first-order valence-electron chi connectivity index (χ1n) is 4.92. The lowest BCUT2D eigenvalue weighted by atomic mass is 9.38. The van der Waals surface area contributed by atoms with Crippen LogP contribution in [0.1, 0.15) is 24.8 Å². The number of hydrogen-bond acceptors (Lipinski definition) is 2. The molecule has 0 aliphatic heterocycles. The molecule has 1 aromatic carbocycles. The highest BCUT2D eigenvalue weighted by Gasteiger charge is 2.68. The van der Waals surface area contributed by atoms with Gasteiger partial charge in [0.15, 0.2) is 0 Å². The predicted octanol–water partition coefficient (Wildman–Crippen LogP) is 1.46. The summed E-state index contributed by atoms with van der Waals surface area (Å²) in [5, 5.41) is 0. The van der Waals surface area contributed by atoms with E-state index in [2.05, 4.69) is 5.43 Å². The number of rotatable bonds is 2. The smallest absolute Gasteiger partial charge is 0.123 e. The summed E-state index contributed by atoms with van der Waals surface area (Å²) in [5.41, 5.74) is 4.40. The van der Waals surface area contributed by atoms with Crippen LogP contribution in [-0.2, 0) is 5.41 Å². The van der Waals surface area contributed by atoms with E-state index < -0.39 is 0 Å². The minimum atomic E-state index is -0.137. The van der Waals surface area contributed by atoms with Crippen molar-refractivity contribution in [2.24, 2.45) is 5.84 Å². The van der Waals surface area contributed by atoms with Gasteiger partial charge in [-0.05, 0) is 37.0 Å². The summed E-state index contributed by atoms with van der Waals surface area (Å²) in [6, 6.07) is 6.95. The van der Waals surface area contributed by atoms with Gasteiger partial charge >= 0.3 is 0 Å². The molecule has 2 bridgehead atoms. The molecule has 3 fully saturated rings. The molecule has 0 amide bonds. The molecule has 0 radical (unpaired) electrons. The number of nitrogens with one attached hydrogen (secondary N) is 1. The minimum Gasteiger partial charge on any atom is -0.271 e. The third-order valence-corrected chi connectivity index (χ3v) is 3.77. The average molecular weight is 192 g/mol. The van der Waals surface area contributed by atoms with Crippen LogP contribution in [0.3, 0.4) is 0 Å². The van der Waals surface area contributed by atoms with E-state index in [9.17, 15) is 4.39 Å². The van der Waals surface area contributed by atoms with Crippen molar-refractivity contribution in [1.82, 2.24) is 5.43 Å². The maximum absolute atomic E-state index is 13.0. The highest BCUT2D eigenvalue weighted by atomic mass is 19.1.